The summed E-state index contributed by atoms with van der Waals surface area (Å²) in [6.45, 7) is -0.449. The number of amides is 3. The molecule has 2 aromatic heterocycles. The van der Waals surface area contributed by atoms with E-state index < -0.39 is 24.3 Å². The van der Waals surface area contributed by atoms with Crippen molar-refractivity contribution < 1.29 is 18.8 Å². The molecular weight excluding hydrogens is 340 g/mol. The van der Waals surface area contributed by atoms with Crippen LogP contribution in [0.1, 0.15) is 20.7 Å². The van der Waals surface area contributed by atoms with Crippen LogP contribution in [0.25, 0.3) is 11.6 Å². The van der Waals surface area contributed by atoms with Crippen LogP contribution in [0.15, 0.2) is 40.9 Å². The van der Waals surface area contributed by atoms with Crippen LogP contribution in [0.2, 0.25) is 0 Å². The van der Waals surface area contributed by atoms with Crippen LogP contribution in [0.5, 0.6) is 0 Å². The molecule has 0 radical (unpaired) electrons. The molecule has 3 heterocycles. The van der Waals surface area contributed by atoms with Crippen molar-refractivity contribution in [2.24, 2.45) is 7.05 Å². The Hall–Kier alpha value is -3.82. The molecule has 0 atom stereocenters. The van der Waals surface area contributed by atoms with Crippen molar-refractivity contribution in [3.8, 4) is 11.6 Å². The lowest BCUT2D eigenvalue weighted by molar-refractivity contribution is -0.116. The molecule has 3 amide bonds. The smallest absolute Gasteiger partial charge is 0.322 e. The largest absolute Gasteiger partial charge is 0.401 e. The molecule has 1 aliphatic heterocycles. The van der Waals surface area contributed by atoms with Crippen LogP contribution < -0.4 is 5.32 Å². The number of imide groups is 1. The summed E-state index contributed by atoms with van der Waals surface area (Å²) in [6, 6.07) is 7.95. The van der Waals surface area contributed by atoms with Gasteiger partial charge in [-0.1, -0.05) is 17.2 Å². The van der Waals surface area contributed by atoms with Crippen molar-refractivity contribution in [3.63, 3.8) is 0 Å². The van der Waals surface area contributed by atoms with Crippen LogP contribution in [0.4, 0.5) is 6.01 Å². The van der Waals surface area contributed by atoms with E-state index in [2.05, 4.69) is 20.6 Å². The zero-order valence-corrected chi connectivity index (χ0v) is 13.5. The topological polar surface area (TPSA) is 123 Å². The molecule has 4 rings (SSSR count). The summed E-state index contributed by atoms with van der Waals surface area (Å²) in [5.41, 5.74) is 1.14. The molecule has 3 aromatic rings. The van der Waals surface area contributed by atoms with Gasteiger partial charge in [-0.2, -0.15) is 5.10 Å². The highest BCUT2D eigenvalue weighted by Gasteiger charge is 2.36. The number of carbonyl (C=O) groups is 3. The highest BCUT2D eigenvalue weighted by Crippen LogP contribution is 2.22. The summed E-state index contributed by atoms with van der Waals surface area (Å²) in [6.07, 6.45) is 1.57. The molecule has 1 aromatic carbocycles. The molecule has 26 heavy (non-hydrogen) atoms. The summed E-state index contributed by atoms with van der Waals surface area (Å²) in [5.74, 6) is -1.47. The Morgan fingerprint density at radius 1 is 1.12 bits per heavy atom. The van der Waals surface area contributed by atoms with Gasteiger partial charge in [0.25, 0.3) is 17.7 Å². The van der Waals surface area contributed by atoms with E-state index in [4.69, 9.17) is 4.42 Å². The van der Waals surface area contributed by atoms with E-state index in [0.29, 0.717) is 5.69 Å². The molecule has 0 unspecified atom stereocenters. The third kappa shape index (κ3) is 2.53. The molecule has 10 heteroatoms. The number of fused-ring (bicyclic) bond motifs is 1. The maximum atomic E-state index is 12.3. The molecule has 10 nitrogen and oxygen atoms in total. The first-order valence-electron chi connectivity index (χ1n) is 7.61. The minimum atomic E-state index is -0.625. The third-order valence-electron chi connectivity index (χ3n) is 3.89. The van der Waals surface area contributed by atoms with Crippen molar-refractivity contribution in [1.82, 2.24) is 24.9 Å². The van der Waals surface area contributed by atoms with Gasteiger partial charge in [-0.05, 0) is 18.2 Å². The van der Waals surface area contributed by atoms with Gasteiger partial charge in [-0.15, -0.1) is 5.10 Å². The molecule has 130 valence electrons. The Morgan fingerprint density at radius 3 is 2.42 bits per heavy atom. The zero-order valence-electron chi connectivity index (χ0n) is 13.5. The summed E-state index contributed by atoms with van der Waals surface area (Å²) in [7, 11) is 1.71. The van der Waals surface area contributed by atoms with E-state index in [9.17, 15) is 14.4 Å². The van der Waals surface area contributed by atoms with Gasteiger partial charge in [0, 0.05) is 13.2 Å². The van der Waals surface area contributed by atoms with Gasteiger partial charge >= 0.3 is 6.01 Å². The number of aryl methyl sites for hydroxylation is 1. The Labute approximate surface area is 146 Å². The number of anilines is 1. The number of carbonyl (C=O) groups excluding carboxylic acids is 3. The number of benzene rings is 1. The summed E-state index contributed by atoms with van der Waals surface area (Å²) >= 11 is 0. The Kier molecular flexibility index (Phi) is 3.57. The highest BCUT2D eigenvalue weighted by atomic mass is 16.4. The summed E-state index contributed by atoms with van der Waals surface area (Å²) < 4.78 is 6.90. The van der Waals surface area contributed by atoms with Gasteiger partial charge in [0.2, 0.25) is 5.91 Å². The fourth-order valence-corrected chi connectivity index (χ4v) is 2.65. The van der Waals surface area contributed by atoms with E-state index in [0.717, 1.165) is 4.90 Å². The molecule has 0 fully saturated rings. The van der Waals surface area contributed by atoms with Crippen molar-refractivity contribution in [3.05, 3.63) is 47.7 Å². The van der Waals surface area contributed by atoms with Gasteiger partial charge in [-0.3, -0.25) is 29.3 Å². The van der Waals surface area contributed by atoms with Gasteiger partial charge in [-0.25, -0.2) is 0 Å². The van der Waals surface area contributed by atoms with E-state index in [1.54, 1.807) is 43.6 Å². The van der Waals surface area contributed by atoms with E-state index in [1.807, 2.05) is 0 Å². The van der Waals surface area contributed by atoms with Crippen LogP contribution in [-0.2, 0) is 11.8 Å². The number of aromatic nitrogens is 4. The van der Waals surface area contributed by atoms with Crippen LogP contribution >= 0.6 is 0 Å². The standard InChI is InChI=1S/C16H12N6O4/c1-21-11(6-7-17-21)13-19-20-16(26-13)18-12(23)8-22-14(24)9-4-2-3-5-10(9)15(22)25/h2-7H,8H2,1H3,(H,18,20,23). The van der Waals surface area contributed by atoms with Crippen LogP contribution in [0, 0.1) is 0 Å². The number of rotatable bonds is 4. The number of hydrogen-bond acceptors (Lipinski definition) is 7. The number of nitrogens with one attached hydrogen (secondary N) is 1. The molecule has 1 aliphatic rings. The minimum absolute atomic E-state index is 0.136. The maximum absolute atomic E-state index is 12.3. The monoisotopic (exact) mass is 352 g/mol. The molecule has 1 N–H and O–H groups in total. The maximum Gasteiger partial charge on any atom is 0.322 e. The van der Waals surface area contributed by atoms with E-state index in [-0.39, 0.29) is 23.0 Å². The minimum Gasteiger partial charge on any atom is -0.401 e. The van der Waals surface area contributed by atoms with E-state index >= 15 is 0 Å². The van der Waals surface area contributed by atoms with Crippen LogP contribution in [-0.4, -0.2) is 49.1 Å². The van der Waals surface area contributed by atoms with Crippen molar-refractivity contribution in [2.75, 3.05) is 11.9 Å². The van der Waals surface area contributed by atoms with Gasteiger partial charge in [0.1, 0.15) is 12.2 Å². The lowest BCUT2D eigenvalue weighted by atomic mass is 10.1. The van der Waals surface area contributed by atoms with Gasteiger partial charge < -0.3 is 4.42 Å². The third-order valence-corrected chi connectivity index (χ3v) is 3.89. The van der Waals surface area contributed by atoms with Crippen LogP contribution in [0.3, 0.4) is 0 Å². The predicted molar refractivity (Wildman–Crippen MR) is 86.9 cm³/mol. The molecule has 0 aliphatic carbocycles. The fourth-order valence-electron chi connectivity index (χ4n) is 2.65. The second-order valence-corrected chi connectivity index (χ2v) is 5.54. The number of nitrogens with zero attached hydrogens (tertiary/aromatic N) is 5. The van der Waals surface area contributed by atoms with Gasteiger partial charge in [0.05, 0.1) is 11.1 Å². The van der Waals surface area contributed by atoms with Gasteiger partial charge in [0.15, 0.2) is 0 Å². The normalized spacial score (nSPS) is 13.2. The first kappa shape index (κ1) is 15.7. The second-order valence-electron chi connectivity index (χ2n) is 5.54. The van der Waals surface area contributed by atoms with Crippen molar-refractivity contribution in [2.45, 2.75) is 0 Å². The average molecular weight is 352 g/mol. The highest BCUT2D eigenvalue weighted by molar-refractivity contribution is 6.22. The molecule has 0 bridgehead atoms. The van der Waals surface area contributed by atoms with Crippen molar-refractivity contribution >= 4 is 23.7 Å². The Morgan fingerprint density at radius 2 is 1.81 bits per heavy atom. The fraction of sp³-hybridized carbons (Fsp3) is 0.125. The number of hydrogen-bond donors (Lipinski definition) is 1. The zero-order chi connectivity index (χ0) is 18.3. The molecular formula is C16H12N6O4. The Bertz CT molecular complexity index is 1000. The lowest BCUT2D eigenvalue weighted by Gasteiger charge is -2.12. The SMILES string of the molecule is Cn1nccc1-c1nnc(NC(=O)CN2C(=O)c3ccccc3C2=O)o1. The molecule has 0 saturated heterocycles. The Balaban J connectivity index is 1.46. The summed E-state index contributed by atoms with van der Waals surface area (Å²) in [5, 5.41) is 13.9. The lowest BCUT2D eigenvalue weighted by Crippen LogP contribution is -2.37. The molecule has 0 saturated carbocycles. The molecule has 0 spiro atoms. The summed E-state index contributed by atoms with van der Waals surface area (Å²) in [4.78, 5) is 37.6. The predicted octanol–water partition coefficient (Wildman–Crippen LogP) is 0.705. The quantitative estimate of drug-likeness (QED) is 0.686. The average Bonchev–Trinajstić information content (AvgIpc) is 3.31. The first-order chi connectivity index (χ1) is 12.5. The van der Waals surface area contributed by atoms with Crippen molar-refractivity contribution in [1.29, 1.82) is 0 Å². The van der Waals surface area contributed by atoms with E-state index in [1.165, 1.54) is 4.68 Å². The first-order valence-corrected chi connectivity index (χ1v) is 7.61. The second kappa shape index (κ2) is 5.92.